The van der Waals surface area contributed by atoms with E-state index in [0.29, 0.717) is 22.8 Å². The molecule has 14 heteroatoms. The van der Waals surface area contributed by atoms with Crippen molar-refractivity contribution in [2.45, 2.75) is 31.9 Å². The number of thiazole rings is 1. The van der Waals surface area contributed by atoms with Crippen molar-refractivity contribution in [3.05, 3.63) is 62.5 Å². The van der Waals surface area contributed by atoms with E-state index < -0.39 is 34.9 Å². The number of hydrogen-bond donors (Lipinski definition) is 5. The Morgan fingerprint density at radius 3 is 2.71 bits per heavy atom. The Morgan fingerprint density at radius 2 is 2.03 bits per heavy atom. The minimum Gasteiger partial charge on any atom is -0.383 e. The van der Waals surface area contributed by atoms with Crippen molar-refractivity contribution in [2.24, 2.45) is 0 Å². The third-order valence-corrected chi connectivity index (χ3v) is 6.19. The van der Waals surface area contributed by atoms with Crippen molar-refractivity contribution in [2.75, 3.05) is 18.1 Å². The van der Waals surface area contributed by atoms with Crippen LogP contribution in [0.2, 0.25) is 5.02 Å². The topological polar surface area (TPSA) is 138 Å². The van der Waals surface area contributed by atoms with Gasteiger partial charge in [-0.1, -0.05) is 11.6 Å². The summed E-state index contributed by atoms with van der Waals surface area (Å²) in [6.45, 7) is 2.07. The molecule has 9 nitrogen and oxygen atoms in total. The Balaban J connectivity index is 1.70. The highest BCUT2D eigenvalue weighted by atomic mass is 35.5. The van der Waals surface area contributed by atoms with Crippen LogP contribution in [0.15, 0.2) is 30.7 Å². The zero-order chi connectivity index (χ0) is 25.0. The van der Waals surface area contributed by atoms with Gasteiger partial charge in [-0.25, -0.2) is 15.0 Å². The number of aliphatic hydroxyl groups is 1. The number of rotatable bonds is 8. The zero-order valence-corrected chi connectivity index (χ0v) is 19.5. The van der Waals surface area contributed by atoms with E-state index in [1.165, 1.54) is 18.6 Å². The van der Waals surface area contributed by atoms with Gasteiger partial charge in [-0.15, -0.1) is 11.3 Å². The first-order valence-electron chi connectivity index (χ1n) is 9.83. The lowest BCUT2D eigenvalue weighted by atomic mass is 10.1. The molecule has 2 atom stereocenters. The molecule has 0 aliphatic carbocycles. The molecule has 0 fully saturated rings. The number of hydrogen-bond acceptors (Lipinski definition) is 9. The smallest absolute Gasteiger partial charge is 0.383 e. The van der Waals surface area contributed by atoms with E-state index >= 15 is 0 Å². The summed E-state index contributed by atoms with van der Waals surface area (Å²) in [4.78, 5) is 24.9. The summed E-state index contributed by atoms with van der Waals surface area (Å²) in [5, 5.41) is 18.9. The molecule has 0 radical (unpaired) electrons. The standard InChI is InChI=1S/C20H21ClF3N7O2S/c1-9(30-18(33)15-11(6-26-2)16(25)29-8-28-15)19-27-7-14(34-19)17(32)31-10-3-4-13(21)12(5-10)20(22,23)24/h3-5,7-9,18,26,30,33H,6H2,1-2H3,(H,31,32)(H2,25,28,29)/t9-,18?/m1/s1. The summed E-state index contributed by atoms with van der Waals surface area (Å²) in [5.74, 6) is -0.399. The number of carbonyl (C=O) groups excluding carboxylic acids is 1. The van der Waals surface area contributed by atoms with Crippen molar-refractivity contribution >= 4 is 40.4 Å². The molecule has 0 saturated carbocycles. The Morgan fingerprint density at radius 1 is 1.29 bits per heavy atom. The number of alkyl halides is 3. The lowest BCUT2D eigenvalue weighted by molar-refractivity contribution is -0.137. The van der Waals surface area contributed by atoms with Crippen LogP contribution in [0.5, 0.6) is 0 Å². The highest BCUT2D eigenvalue weighted by molar-refractivity contribution is 7.13. The Kier molecular flexibility index (Phi) is 8.05. The van der Waals surface area contributed by atoms with Crippen LogP contribution in [0.3, 0.4) is 0 Å². The molecule has 0 saturated heterocycles. The lowest BCUT2D eigenvalue weighted by Crippen LogP contribution is -2.27. The van der Waals surface area contributed by atoms with Crippen LogP contribution in [0.25, 0.3) is 0 Å². The maximum absolute atomic E-state index is 13.0. The van der Waals surface area contributed by atoms with Gasteiger partial charge < -0.3 is 21.5 Å². The molecule has 182 valence electrons. The Bertz CT molecular complexity index is 1180. The molecule has 0 aliphatic rings. The van der Waals surface area contributed by atoms with Crippen molar-refractivity contribution in [1.82, 2.24) is 25.6 Å². The van der Waals surface area contributed by atoms with Crippen LogP contribution in [0, 0.1) is 0 Å². The number of benzene rings is 1. The third-order valence-electron chi connectivity index (χ3n) is 4.68. The first kappa shape index (κ1) is 25.8. The summed E-state index contributed by atoms with van der Waals surface area (Å²) < 4.78 is 39.1. The summed E-state index contributed by atoms with van der Waals surface area (Å²) in [6.07, 6.45) is -3.31. The number of carbonyl (C=O) groups is 1. The van der Waals surface area contributed by atoms with Gasteiger partial charge in [0, 0.05) is 17.8 Å². The van der Waals surface area contributed by atoms with Crippen molar-refractivity contribution < 1.29 is 23.1 Å². The van der Waals surface area contributed by atoms with Crippen LogP contribution in [-0.2, 0) is 12.7 Å². The van der Waals surface area contributed by atoms with Crippen LogP contribution in [0.1, 0.15) is 50.7 Å². The molecule has 0 bridgehead atoms. The van der Waals surface area contributed by atoms with Gasteiger partial charge in [-0.3, -0.25) is 10.1 Å². The summed E-state index contributed by atoms with van der Waals surface area (Å²) >= 11 is 6.63. The first-order valence-corrected chi connectivity index (χ1v) is 11.0. The molecule has 0 spiro atoms. The number of aromatic nitrogens is 3. The van der Waals surface area contributed by atoms with Crippen LogP contribution in [-0.4, -0.2) is 33.0 Å². The van der Waals surface area contributed by atoms with E-state index in [1.54, 1.807) is 14.0 Å². The molecule has 3 rings (SSSR count). The van der Waals surface area contributed by atoms with Gasteiger partial charge in [-0.2, -0.15) is 13.2 Å². The van der Waals surface area contributed by atoms with Crippen LogP contribution < -0.4 is 21.7 Å². The molecule has 34 heavy (non-hydrogen) atoms. The van der Waals surface area contributed by atoms with Crippen LogP contribution >= 0.6 is 22.9 Å². The number of nitrogens with one attached hydrogen (secondary N) is 3. The second kappa shape index (κ2) is 10.6. The predicted octanol–water partition coefficient (Wildman–Crippen LogP) is 3.50. The quantitative estimate of drug-likeness (QED) is 0.287. The number of nitrogen functional groups attached to an aromatic ring is 1. The molecule has 2 heterocycles. The summed E-state index contributed by atoms with van der Waals surface area (Å²) in [5.41, 5.74) is 5.60. The predicted molar refractivity (Wildman–Crippen MR) is 122 cm³/mol. The van der Waals surface area contributed by atoms with E-state index in [1.807, 2.05) is 0 Å². The minimum atomic E-state index is -4.65. The maximum atomic E-state index is 13.0. The van der Waals surface area contributed by atoms with E-state index in [9.17, 15) is 23.1 Å². The summed E-state index contributed by atoms with van der Waals surface area (Å²) in [7, 11) is 1.72. The fourth-order valence-electron chi connectivity index (χ4n) is 3.03. The molecule has 1 aromatic carbocycles. The number of halogens is 4. The van der Waals surface area contributed by atoms with Crippen molar-refractivity contribution in [3.63, 3.8) is 0 Å². The van der Waals surface area contributed by atoms with Crippen LogP contribution in [0.4, 0.5) is 24.7 Å². The third kappa shape index (κ3) is 5.98. The van der Waals surface area contributed by atoms with Gasteiger partial charge in [0.2, 0.25) is 0 Å². The molecule has 0 aliphatic heterocycles. The SMILES string of the molecule is CNCc1c(N)ncnc1C(O)N[C@H](C)c1ncc(C(=O)Nc2ccc(Cl)c(C(F)(F)F)c2)s1. The number of amides is 1. The number of anilines is 2. The number of aliphatic hydroxyl groups excluding tert-OH is 1. The fraction of sp³-hybridized carbons (Fsp3) is 0.300. The van der Waals surface area contributed by atoms with Gasteiger partial charge in [-0.05, 0) is 32.2 Å². The maximum Gasteiger partial charge on any atom is 0.417 e. The molecule has 1 amide bonds. The van der Waals surface area contributed by atoms with E-state index in [4.69, 9.17) is 17.3 Å². The van der Waals surface area contributed by atoms with Gasteiger partial charge in [0.1, 0.15) is 28.3 Å². The highest BCUT2D eigenvalue weighted by Gasteiger charge is 2.33. The van der Waals surface area contributed by atoms with Gasteiger partial charge in [0.05, 0.1) is 28.5 Å². The second-order valence-electron chi connectivity index (χ2n) is 7.15. The molecular formula is C20H21ClF3N7O2S. The van der Waals surface area contributed by atoms with Gasteiger partial charge in [0.15, 0.2) is 0 Å². The fourth-order valence-corrected chi connectivity index (χ4v) is 4.08. The van der Waals surface area contributed by atoms with E-state index in [0.717, 1.165) is 23.5 Å². The van der Waals surface area contributed by atoms with Gasteiger partial charge in [0.25, 0.3) is 5.91 Å². The van der Waals surface area contributed by atoms with Gasteiger partial charge >= 0.3 is 6.18 Å². The largest absolute Gasteiger partial charge is 0.417 e. The molecule has 3 aromatic rings. The molecule has 1 unspecified atom stereocenters. The second-order valence-corrected chi connectivity index (χ2v) is 8.62. The highest BCUT2D eigenvalue weighted by Crippen LogP contribution is 2.36. The lowest BCUT2D eigenvalue weighted by Gasteiger charge is -2.19. The molecule has 6 N–H and O–H groups in total. The Labute approximate surface area is 201 Å². The first-order chi connectivity index (χ1) is 16.0. The zero-order valence-electron chi connectivity index (χ0n) is 17.9. The van der Waals surface area contributed by atoms with Crippen molar-refractivity contribution in [3.8, 4) is 0 Å². The average molecular weight is 516 g/mol. The molecular weight excluding hydrogens is 495 g/mol. The summed E-state index contributed by atoms with van der Waals surface area (Å²) in [6, 6.07) is 2.60. The monoisotopic (exact) mass is 515 g/mol. The van der Waals surface area contributed by atoms with Crippen molar-refractivity contribution in [1.29, 1.82) is 0 Å². The average Bonchev–Trinajstić information content (AvgIpc) is 3.26. The number of nitrogens with two attached hydrogens (primary N) is 1. The normalized spacial score (nSPS) is 13.5. The van der Waals surface area contributed by atoms with E-state index in [2.05, 4.69) is 30.9 Å². The minimum absolute atomic E-state index is 0.0586. The molecule has 2 aromatic heterocycles. The number of nitrogens with zero attached hydrogens (tertiary/aromatic N) is 3. The Hall–Kier alpha value is -2.84. The van der Waals surface area contributed by atoms with E-state index in [-0.39, 0.29) is 16.4 Å².